The highest BCUT2D eigenvalue weighted by atomic mass is 32.0. The van der Waals surface area contributed by atoms with Crippen molar-refractivity contribution < 1.29 is 28.2 Å². The van der Waals surface area contributed by atoms with Crippen molar-refractivity contribution >= 4 is 54.5 Å². The summed E-state index contributed by atoms with van der Waals surface area (Å²) < 4.78 is 33.0. The van der Waals surface area contributed by atoms with Gasteiger partial charge in [-0.05, 0) is 81.1 Å². The van der Waals surface area contributed by atoms with Gasteiger partial charge >= 0.3 is 0 Å². The van der Waals surface area contributed by atoms with Gasteiger partial charge in [-0.15, -0.1) is 0 Å². The minimum atomic E-state index is -1.36. The van der Waals surface area contributed by atoms with Gasteiger partial charge in [0.2, 0.25) is 0 Å². The molecule has 0 aromatic heterocycles. The molecule has 2 aromatic rings. The lowest BCUT2D eigenvalue weighted by atomic mass is 10.2. The molecule has 0 fully saturated rings. The van der Waals surface area contributed by atoms with Crippen LogP contribution in [0.1, 0.15) is 30.4 Å². The Morgan fingerprint density at radius 1 is 0.703 bits per heavy atom. The van der Waals surface area contributed by atoms with Crippen LogP contribution in [0.5, 0.6) is 11.5 Å². The van der Waals surface area contributed by atoms with Crippen LogP contribution in [0.15, 0.2) is 58.5 Å². The fourth-order valence-electron chi connectivity index (χ4n) is 2.75. The Morgan fingerprint density at radius 3 is 1.38 bits per heavy atom. The van der Waals surface area contributed by atoms with Crippen molar-refractivity contribution in [3.8, 4) is 11.5 Å². The molecule has 0 heterocycles. The fraction of sp³-hybridized carbons (Fsp3) is 0.304. The summed E-state index contributed by atoms with van der Waals surface area (Å²) in [6, 6.07) is 13.9. The van der Waals surface area contributed by atoms with Crippen molar-refractivity contribution in [2.75, 3.05) is 26.5 Å². The number of aliphatic imine (C=N–C) groups is 2. The third-order valence-corrected chi connectivity index (χ3v) is 9.15. The van der Waals surface area contributed by atoms with E-state index in [4.69, 9.17) is 20.9 Å². The molecule has 2 atom stereocenters. The molecule has 0 aliphatic carbocycles. The van der Waals surface area contributed by atoms with Crippen LogP contribution >= 0.6 is 31.5 Å². The SMILES string of the molecule is CP(P=O)C(=O)N=C(N)c1ccc(OCCCCCOc2ccc(C(N)=NC(=O)P(C)P=O)cc2)cc1. The van der Waals surface area contributed by atoms with Gasteiger partial charge in [-0.25, -0.2) is 0 Å². The second-order valence-electron chi connectivity index (χ2n) is 7.58. The number of carbonyl (C=O) groups is 2. The number of benzene rings is 2. The Balaban J connectivity index is 1.67. The largest absolute Gasteiger partial charge is 0.494 e. The molecule has 0 aliphatic rings. The molecular formula is C23H28N4O6P4. The molecule has 2 aromatic carbocycles. The summed E-state index contributed by atoms with van der Waals surface area (Å²) in [5.74, 6) is 1.54. The lowest BCUT2D eigenvalue weighted by Crippen LogP contribution is -2.14. The van der Waals surface area contributed by atoms with Gasteiger partial charge in [0.25, 0.3) is 11.3 Å². The van der Waals surface area contributed by atoms with Gasteiger partial charge in [-0.1, -0.05) is 0 Å². The van der Waals surface area contributed by atoms with Crippen molar-refractivity contribution in [1.29, 1.82) is 0 Å². The van der Waals surface area contributed by atoms with Crippen LogP contribution in [0.4, 0.5) is 9.59 Å². The van der Waals surface area contributed by atoms with E-state index in [1.165, 1.54) is 0 Å². The molecule has 2 rings (SSSR count). The predicted molar refractivity (Wildman–Crippen MR) is 151 cm³/mol. The number of amidine groups is 2. The van der Waals surface area contributed by atoms with Gasteiger partial charge in [-0.3, -0.25) is 18.7 Å². The molecule has 0 saturated heterocycles. The molecule has 4 N–H and O–H groups in total. The van der Waals surface area contributed by atoms with Crippen LogP contribution < -0.4 is 20.9 Å². The number of nitrogens with zero attached hydrogens (tertiary/aromatic N) is 2. The maximum atomic E-state index is 11.7. The smallest absolute Gasteiger partial charge is 0.280 e. The number of amides is 2. The second-order valence-corrected chi connectivity index (χ2v) is 15.3. The van der Waals surface area contributed by atoms with Crippen LogP contribution in [0.2, 0.25) is 0 Å². The molecule has 37 heavy (non-hydrogen) atoms. The molecule has 2 unspecified atom stereocenters. The first-order valence-electron chi connectivity index (χ1n) is 11.1. The van der Waals surface area contributed by atoms with Crippen LogP contribution in [0.3, 0.4) is 0 Å². The molecular weight excluding hydrogens is 552 g/mol. The molecule has 0 saturated carbocycles. The Bertz CT molecular complexity index is 1050. The Kier molecular flexibility index (Phi) is 13.5. The topological polar surface area (TPSA) is 164 Å². The van der Waals surface area contributed by atoms with Crippen LogP contribution in [-0.2, 0) is 9.13 Å². The maximum Gasteiger partial charge on any atom is 0.280 e. The lowest BCUT2D eigenvalue weighted by Gasteiger charge is -2.09. The van der Waals surface area contributed by atoms with Gasteiger partial charge in [0.1, 0.15) is 23.2 Å². The number of hydrogen-bond donors (Lipinski definition) is 2. The highest BCUT2D eigenvalue weighted by Crippen LogP contribution is 2.47. The number of nitrogens with two attached hydrogens (primary N) is 2. The van der Waals surface area contributed by atoms with Gasteiger partial charge in [0.05, 0.1) is 28.4 Å². The molecule has 0 spiro atoms. The Labute approximate surface area is 221 Å². The third kappa shape index (κ3) is 10.7. The second kappa shape index (κ2) is 16.3. The third-order valence-electron chi connectivity index (χ3n) is 4.86. The summed E-state index contributed by atoms with van der Waals surface area (Å²) in [5, 5.41) is 0. The number of carbonyl (C=O) groups excluding carboxylic acids is 2. The number of unbranched alkanes of at least 4 members (excludes halogenated alkanes) is 2. The first-order chi connectivity index (χ1) is 17.7. The van der Waals surface area contributed by atoms with Gasteiger partial charge in [0.15, 0.2) is 16.3 Å². The minimum absolute atomic E-state index is 0.0850. The van der Waals surface area contributed by atoms with E-state index < -0.39 is 26.5 Å². The zero-order valence-corrected chi connectivity index (χ0v) is 24.0. The van der Waals surface area contributed by atoms with E-state index in [1.807, 2.05) is 0 Å². The summed E-state index contributed by atoms with van der Waals surface area (Å²) in [6.07, 6.45) is 2.61. The molecule has 0 bridgehead atoms. The van der Waals surface area contributed by atoms with E-state index in [9.17, 15) is 18.7 Å². The van der Waals surface area contributed by atoms with Crippen LogP contribution in [0, 0.1) is 0 Å². The quantitative estimate of drug-likeness (QED) is 0.109. The average molecular weight is 580 g/mol. The van der Waals surface area contributed by atoms with Gasteiger partial charge in [-0.2, -0.15) is 9.98 Å². The van der Waals surface area contributed by atoms with Gasteiger partial charge in [0, 0.05) is 11.1 Å². The Hall–Kier alpha value is -2.62. The zero-order chi connectivity index (χ0) is 27.2. The summed E-state index contributed by atoms with van der Waals surface area (Å²) in [5.41, 5.74) is 11.9. The van der Waals surface area contributed by atoms with Crippen LogP contribution in [-0.4, -0.2) is 49.5 Å². The first-order valence-corrected chi connectivity index (χ1v) is 17.7. The van der Waals surface area contributed by atoms with Crippen molar-refractivity contribution in [3.05, 3.63) is 59.7 Å². The van der Waals surface area contributed by atoms with E-state index in [-0.39, 0.29) is 28.0 Å². The molecule has 10 nitrogen and oxygen atoms in total. The zero-order valence-electron chi connectivity index (χ0n) is 20.4. The summed E-state index contributed by atoms with van der Waals surface area (Å²) in [6.45, 7) is 4.23. The molecule has 14 heteroatoms. The molecule has 0 aliphatic heterocycles. The van der Waals surface area contributed by atoms with Crippen molar-refractivity contribution in [3.63, 3.8) is 0 Å². The molecule has 2 amide bonds. The van der Waals surface area contributed by atoms with Crippen LogP contribution in [0.25, 0.3) is 0 Å². The highest BCUT2D eigenvalue weighted by Gasteiger charge is 2.13. The maximum absolute atomic E-state index is 11.7. The summed E-state index contributed by atoms with van der Waals surface area (Å²) >= 11 is 0. The summed E-state index contributed by atoms with van der Waals surface area (Å²) in [7, 11) is -3.17. The number of ether oxygens (including phenoxy) is 2. The minimum Gasteiger partial charge on any atom is -0.494 e. The van der Waals surface area contributed by atoms with Crippen molar-refractivity contribution in [1.82, 2.24) is 0 Å². The van der Waals surface area contributed by atoms with E-state index in [2.05, 4.69) is 9.98 Å². The van der Waals surface area contributed by atoms with Crippen molar-refractivity contribution in [2.45, 2.75) is 19.3 Å². The van der Waals surface area contributed by atoms with E-state index in [0.29, 0.717) is 35.8 Å². The van der Waals surface area contributed by atoms with Gasteiger partial charge < -0.3 is 20.9 Å². The highest BCUT2D eigenvalue weighted by molar-refractivity contribution is 8.24. The monoisotopic (exact) mass is 580 g/mol. The molecule has 0 radical (unpaired) electrons. The fourth-order valence-corrected chi connectivity index (χ4v) is 4.09. The number of rotatable bonds is 14. The average Bonchev–Trinajstić information content (AvgIpc) is 2.91. The molecule has 196 valence electrons. The van der Waals surface area contributed by atoms with Crippen molar-refractivity contribution in [2.24, 2.45) is 21.5 Å². The van der Waals surface area contributed by atoms with E-state index in [0.717, 1.165) is 19.3 Å². The number of hydrogen-bond acceptors (Lipinski definition) is 6. The lowest BCUT2D eigenvalue weighted by molar-refractivity contribution is 0.266. The van der Waals surface area contributed by atoms with E-state index in [1.54, 1.807) is 61.9 Å². The normalized spacial score (nSPS) is 13.8. The first kappa shape index (κ1) is 30.6. The standard InChI is InChI=1S/C23H28N4O6P4/c1-36(34-30)22(28)26-20(24)16-6-10-18(11-7-16)32-14-4-3-5-15-33-19-12-8-17(9-13-19)21(25)27-23(29)37(2)35-31/h6-13H,3-5,14-15H2,1-2H3,(H2,24,26,28)(H2,25,27,29). The van der Waals surface area contributed by atoms with E-state index >= 15 is 0 Å². The predicted octanol–water partition coefficient (Wildman–Crippen LogP) is 6.60. The Morgan fingerprint density at radius 2 is 1.05 bits per heavy atom. The summed E-state index contributed by atoms with van der Waals surface area (Å²) in [4.78, 5) is 31.1.